The molecule has 18 heavy (non-hydrogen) atoms. The van der Waals surface area contributed by atoms with Crippen LogP contribution >= 0.6 is 11.6 Å². The smallest absolute Gasteiger partial charge is 0.242 e. The molecule has 1 aromatic rings. The van der Waals surface area contributed by atoms with Crippen LogP contribution in [-0.4, -0.2) is 17.9 Å². The predicted molar refractivity (Wildman–Crippen MR) is 71.3 cm³/mol. The molecule has 0 fully saturated rings. The second-order valence-corrected chi connectivity index (χ2v) is 4.64. The molecule has 1 aromatic carbocycles. The van der Waals surface area contributed by atoms with Crippen molar-refractivity contribution in [2.24, 2.45) is 0 Å². The summed E-state index contributed by atoms with van der Waals surface area (Å²) in [6, 6.07) is 6.59. The van der Waals surface area contributed by atoms with Gasteiger partial charge in [0.1, 0.15) is 6.04 Å². The van der Waals surface area contributed by atoms with Crippen LogP contribution in [0.3, 0.4) is 0 Å². The summed E-state index contributed by atoms with van der Waals surface area (Å²) < 4.78 is 0. The molecule has 2 atom stereocenters. The molecule has 0 radical (unpaired) electrons. The monoisotopic (exact) mass is 268 g/mol. The third kappa shape index (κ3) is 4.37. The topological polar surface area (TPSA) is 58.2 Å². The van der Waals surface area contributed by atoms with Crippen molar-refractivity contribution in [3.05, 3.63) is 34.9 Å². The van der Waals surface area contributed by atoms with Crippen molar-refractivity contribution in [3.63, 3.8) is 0 Å². The van der Waals surface area contributed by atoms with E-state index in [1.807, 2.05) is 19.1 Å². The Balaban J connectivity index is 2.62. The summed E-state index contributed by atoms with van der Waals surface area (Å²) in [6.07, 6.45) is 0. The van der Waals surface area contributed by atoms with E-state index in [1.165, 1.54) is 6.92 Å². The van der Waals surface area contributed by atoms with E-state index in [1.54, 1.807) is 19.1 Å². The first-order valence-corrected chi connectivity index (χ1v) is 6.11. The zero-order valence-corrected chi connectivity index (χ0v) is 11.4. The summed E-state index contributed by atoms with van der Waals surface area (Å²) in [5, 5.41) is 5.98. The van der Waals surface area contributed by atoms with Crippen LogP contribution in [0.15, 0.2) is 24.3 Å². The highest BCUT2D eigenvalue weighted by molar-refractivity contribution is 6.30. The fourth-order valence-electron chi connectivity index (χ4n) is 1.57. The fraction of sp³-hybridized carbons (Fsp3) is 0.385. The molecular formula is C13H17ClN2O2. The van der Waals surface area contributed by atoms with E-state index in [2.05, 4.69) is 10.6 Å². The predicted octanol–water partition coefficient (Wildman–Crippen LogP) is 2.04. The van der Waals surface area contributed by atoms with Crippen molar-refractivity contribution in [1.82, 2.24) is 10.6 Å². The first kappa shape index (κ1) is 14.5. The van der Waals surface area contributed by atoms with Crippen LogP contribution < -0.4 is 10.6 Å². The molecule has 0 aromatic heterocycles. The Morgan fingerprint density at radius 1 is 1.22 bits per heavy atom. The van der Waals surface area contributed by atoms with Crippen LogP contribution in [0, 0.1) is 0 Å². The normalized spacial score (nSPS) is 13.6. The highest BCUT2D eigenvalue weighted by Gasteiger charge is 2.16. The van der Waals surface area contributed by atoms with Gasteiger partial charge < -0.3 is 10.6 Å². The second-order valence-electron chi connectivity index (χ2n) is 4.21. The first-order chi connectivity index (χ1) is 8.40. The molecule has 0 aliphatic heterocycles. The van der Waals surface area contributed by atoms with Crippen LogP contribution in [0.25, 0.3) is 0 Å². The Hall–Kier alpha value is -1.55. The van der Waals surface area contributed by atoms with Crippen molar-refractivity contribution in [2.45, 2.75) is 32.9 Å². The molecule has 0 spiro atoms. The molecule has 0 unspecified atom stereocenters. The number of hydrogen-bond acceptors (Lipinski definition) is 2. The molecular weight excluding hydrogens is 252 g/mol. The molecule has 98 valence electrons. The third-order valence-corrected chi connectivity index (χ3v) is 2.76. The lowest BCUT2D eigenvalue weighted by molar-refractivity contribution is -0.128. The van der Waals surface area contributed by atoms with Crippen molar-refractivity contribution >= 4 is 23.4 Å². The van der Waals surface area contributed by atoms with Crippen LogP contribution in [0.1, 0.15) is 32.4 Å². The maximum absolute atomic E-state index is 11.8. The molecule has 0 saturated heterocycles. The Bertz CT molecular complexity index is 448. The van der Waals surface area contributed by atoms with Gasteiger partial charge in [0.25, 0.3) is 0 Å². The highest BCUT2D eigenvalue weighted by atomic mass is 35.5. The van der Waals surface area contributed by atoms with Crippen LogP contribution in [0.5, 0.6) is 0 Å². The van der Waals surface area contributed by atoms with E-state index >= 15 is 0 Å². The van der Waals surface area contributed by atoms with Crippen LogP contribution in [0.2, 0.25) is 5.02 Å². The molecule has 0 bridgehead atoms. The number of carbonyl (C=O) groups is 2. The minimum absolute atomic E-state index is 0.160. The van der Waals surface area contributed by atoms with Crippen molar-refractivity contribution < 1.29 is 9.59 Å². The maximum atomic E-state index is 11.8. The van der Waals surface area contributed by atoms with Gasteiger partial charge in [0, 0.05) is 11.9 Å². The number of rotatable bonds is 4. The van der Waals surface area contributed by atoms with Crippen molar-refractivity contribution in [2.75, 3.05) is 0 Å². The summed E-state index contributed by atoms with van der Waals surface area (Å²) in [7, 11) is 0. The summed E-state index contributed by atoms with van der Waals surface area (Å²) in [6.45, 7) is 4.88. The molecule has 2 amide bonds. The lowest BCUT2D eigenvalue weighted by Crippen LogP contribution is -2.44. The average molecular weight is 269 g/mol. The van der Waals surface area contributed by atoms with Gasteiger partial charge >= 0.3 is 0 Å². The number of carbonyl (C=O) groups excluding carboxylic acids is 2. The first-order valence-electron chi connectivity index (χ1n) is 5.73. The van der Waals surface area contributed by atoms with E-state index < -0.39 is 6.04 Å². The number of hydrogen-bond donors (Lipinski definition) is 2. The quantitative estimate of drug-likeness (QED) is 0.878. The molecule has 1 rings (SSSR count). The zero-order valence-electron chi connectivity index (χ0n) is 10.7. The lowest BCUT2D eigenvalue weighted by atomic mass is 10.1. The number of nitrogens with one attached hydrogen (secondary N) is 2. The van der Waals surface area contributed by atoms with Gasteiger partial charge in [-0.2, -0.15) is 0 Å². The van der Waals surface area contributed by atoms with Gasteiger partial charge in [0.2, 0.25) is 11.8 Å². The van der Waals surface area contributed by atoms with Gasteiger partial charge in [-0.25, -0.2) is 0 Å². The Kier molecular flexibility index (Phi) is 5.16. The van der Waals surface area contributed by atoms with Crippen LogP contribution in [0.4, 0.5) is 0 Å². The zero-order chi connectivity index (χ0) is 13.7. The molecule has 0 aliphatic carbocycles. The molecule has 5 heteroatoms. The Morgan fingerprint density at radius 2 is 1.89 bits per heavy atom. The summed E-state index contributed by atoms with van der Waals surface area (Å²) in [4.78, 5) is 22.6. The van der Waals surface area contributed by atoms with Gasteiger partial charge in [-0.3, -0.25) is 9.59 Å². The van der Waals surface area contributed by atoms with Gasteiger partial charge in [-0.05, 0) is 31.5 Å². The van der Waals surface area contributed by atoms with Crippen molar-refractivity contribution in [3.8, 4) is 0 Å². The van der Waals surface area contributed by atoms with Gasteiger partial charge in [-0.15, -0.1) is 0 Å². The van der Waals surface area contributed by atoms with Gasteiger partial charge in [-0.1, -0.05) is 23.7 Å². The third-order valence-electron chi connectivity index (χ3n) is 2.52. The number of benzene rings is 1. The van der Waals surface area contributed by atoms with E-state index in [9.17, 15) is 9.59 Å². The Labute approximate surface area is 112 Å². The summed E-state index contributed by atoms with van der Waals surface area (Å²) >= 11 is 5.89. The van der Waals surface area contributed by atoms with Crippen LogP contribution in [-0.2, 0) is 9.59 Å². The van der Waals surface area contributed by atoms with Gasteiger partial charge in [0.05, 0.1) is 6.04 Å². The molecule has 2 N–H and O–H groups in total. The van der Waals surface area contributed by atoms with Crippen molar-refractivity contribution in [1.29, 1.82) is 0 Å². The highest BCUT2D eigenvalue weighted by Crippen LogP contribution is 2.17. The second kappa shape index (κ2) is 6.40. The molecule has 0 heterocycles. The maximum Gasteiger partial charge on any atom is 0.242 e. The molecule has 4 nitrogen and oxygen atoms in total. The van der Waals surface area contributed by atoms with E-state index in [4.69, 9.17) is 11.6 Å². The lowest BCUT2D eigenvalue weighted by Gasteiger charge is -2.18. The standard InChI is InChI=1S/C13H17ClN2O2/c1-8(11-5-4-6-12(14)7-11)16-13(18)9(2)15-10(3)17/h4-9H,1-3H3,(H,15,17)(H,16,18)/t8-,9-/m1/s1. The SMILES string of the molecule is CC(=O)N[C@H](C)C(=O)N[C@H](C)c1cccc(Cl)c1. The number of halogens is 1. The van der Waals surface area contributed by atoms with Gasteiger partial charge in [0.15, 0.2) is 0 Å². The fourth-order valence-corrected chi connectivity index (χ4v) is 1.77. The summed E-state index contributed by atoms with van der Waals surface area (Å²) in [5.41, 5.74) is 0.922. The minimum Gasteiger partial charge on any atom is -0.348 e. The van der Waals surface area contributed by atoms with E-state index in [0.717, 1.165) is 5.56 Å². The summed E-state index contributed by atoms with van der Waals surface area (Å²) in [5.74, 6) is -0.453. The number of amides is 2. The molecule has 0 saturated carbocycles. The minimum atomic E-state index is -0.552. The molecule has 0 aliphatic rings. The van der Waals surface area contributed by atoms with E-state index in [0.29, 0.717) is 5.02 Å². The average Bonchev–Trinajstić information content (AvgIpc) is 2.27. The Morgan fingerprint density at radius 3 is 2.44 bits per heavy atom. The largest absolute Gasteiger partial charge is 0.348 e. The van der Waals surface area contributed by atoms with E-state index in [-0.39, 0.29) is 17.9 Å².